The lowest BCUT2D eigenvalue weighted by Gasteiger charge is -2.24. The Labute approximate surface area is 132 Å². The molecule has 0 aliphatic heterocycles. The zero-order valence-electron chi connectivity index (χ0n) is 11.7. The van der Waals surface area contributed by atoms with Crippen LogP contribution in [0.1, 0.15) is 27.0 Å². The summed E-state index contributed by atoms with van der Waals surface area (Å²) in [7, 11) is 0. The highest BCUT2D eigenvalue weighted by Gasteiger charge is 2.33. The zero-order chi connectivity index (χ0) is 15.6. The Morgan fingerprint density at radius 3 is 2.57 bits per heavy atom. The monoisotopic (exact) mass is 328 g/mol. The maximum absolute atomic E-state index is 12.5. The minimum absolute atomic E-state index is 0.106. The molecule has 0 aliphatic carbocycles. The number of pyridine rings is 1. The highest BCUT2D eigenvalue weighted by Crippen LogP contribution is 2.27. The fourth-order valence-electron chi connectivity index (χ4n) is 1.52. The molecule has 0 amide bonds. The number of Topliss-reactive ketones (excluding diaryl/α,β-unsaturated/α-hetero) is 1. The Morgan fingerprint density at radius 2 is 2.05 bits per heavy atom. The highest BCUT2D eigenvalue weighted by atomic mass is 35.5. The van der Waals surface area contributed by atoms with Crippen molar-refractivity contribution in [1.82, 2.24) is 19.7 Å². The van der Waals surface area contributed by atoms with E-state index in [-0.39, 0.29) is 16.8 Å². The molecule has 0 spiro atoms. The molecule has 112 valence electrons. The molecule has 8 heteroatoms. The van der Waals surface area contributed by atoms with Crippen molar-refractivity contribution in [1.29, 1.82) is 0 Å². The summed E-state index contributed by atoms with van der Waals surface area (Å²) in [6.45, 7) is 5.39. The average molecular weight is 329 g/mol. The summed E-state index contributed by atoms with van der Waals surface area (Å²) < 4.78 is 6.97. The Balaban J connectivity index is 2.32. The second-order valence-electron chi connectivity index (χ2n) is 5.38. The van der Waals surface area contributed by atoms with Gasteiger partial charge in [0.05, 0.1) is 5.02 Å². The molecule has 1 atom stereocenters. The van der Waals surface area contributed by atoms with Gasteiger partial charge in [0.1, 0.15) is 12.7 Å². The van der Waals surface area contributed by atoms with Crippen molar-refractivity contribution in [3.8, 4) is 5.88 Å². The van der Waals surface area contributed by atoms with Crippen LogP contribution in [0, 0.1) is 5.41 Å². The fraction of sp³-hybridized carbons (Fsp3) is 0.385. The van der Waals surface area contributed by atoms with Crippen LogP contribution in [0.15, 0.2) is 24.8 Å². The number of nitrogens with zero attached hydrogens (tertiary/aromatic N) is 4. The lowest BCUT2D eigenvalue weighted by Crippen LogP contribution is -2.34. The predicted octanol–water partition coefficient (Wildman–Crippen LogP) is 3.17. The first-order chi connectivity index (χ1) is 9.79. The standard InChI is InChI=1S/C13H14Cl2N4O2/c1-13(2,3)10(20)12(19-7-16-6-17-19)21-9-5-4-8(14)11(15)18-9/h4-7,12H,1-3H3. The second-order valence-corrected chi connectivity index (χ2v) is 6.15. The number of halogens is 2. The molecule has 2 aromatic rings. The molecule has 21 heavy (non-hydrogen) atoms. The molecule has 0 saturated carbocycles. The van der Waals surface area contributed by atoms with Gasteiger partial charge in [0.2, 0.25) is 11.7 Å². The third-order valence-electron chi connectivity index (χ3n) is 2.65. The van der Waals surface area contributed by atoms with Gasteiger partial charge in [0, 0.05) is 11.5 Å². The van der Waals surface area contributed by atoms with E-state index in [0.717, 1.165) is 0 Å². The lowest BCUT2D eigenvalue weighted by atomic mass is 9.90. The first-order valence-corrected chi connectivity index (χ1v) is 6.92. The van der Waals surface area contributed by atoms with Gasteiger partial charge in [-0.25, -0.2) is 9.67 Å². The van der Waals surface area contributed by atoms with E-state index in [9.17, 15) is 4.79 Å². The van der Waals surface area contributed by atoms with Crippen LogP contribution in [0.4, 0.5) is 0 Å². The van der Waals surface area contributed by atoms with Gasteiger partial charge >= 0.3 is 0 Å². The van der Waals surface area contributed by atoms with Crippen molar-refractivity contribution in [2.24, 2.45) is 5.41 Å². The molecule has 2 aromatic heterocycles. The van der Waals surface area contributed by atoms with Crippen LogP contribution in [0.2, 0.25) is 10.2 Å². The normalized spacial score (nSPS) is 13.0. The van der Waals surface area contributed by atoms with Crippen LogP contribution in [0.5, 0.6) is 5.88 Å². The summed E-state index contributed by atoms with van der Waals surface area (Å²) in [5.74, 6) is 0.0170. The van der Waals surface area contributed by atoms with E-state index in [1.165, 1.54) is 23.4 Å². The number of rotatable bonds is 4. The summed E-state index contributed by atoms with van der Waals surface area (Å²) in [4.78, 5) is 20.3. The van der Waals surface area contributed by atoms with E-state index in [2.05, 4.69) is 15.1 Å². The van der Waals surface area contributed by atoms with Gasteiger partial charge in [0.15, 0.2) is 5.15 Å². The quantitative estimate of drug-likeness (QED) is 0.806. The topological polar surface area (TPSA) is 69.9 Å². The molecular formula is C13H14Cl2N4O2. The molecule has 0 radical (unpaired) electrons. The van der Waals surface area contributed by atoms with Crippen molar-refractivity contribution >= 4 is 29.0 Å². The molecule has 2 heterocycles. The molecule has 0 N–H and O–H groups in total. The van der Waals surface area contributed by atoms with Gasteiger partial charge in [-0.15, -0.1) is 0 Å². The Bertz CT molecular complexity index is 638. The van der Waals surface area contributed by atoms with Crippen LogP contribution in [-0.4, -0.2) is 25.5 Å². The van der Waals surface area contributed by atoms with E-state index < -0.39 is 11.6 Å². The number of carbonyl (C=O) groups is 1. The summed E-state index contributed by atoms with van der Waals surface area (Å²) in [6, 6.07) is 3.08. The van der Waals surface area contributed by atoms with Crippen molar-refractivity contribution in [2.45, 2.75) is 27.0 Å². The SMILES string of the molecule is CC(C)(C)C(=O)C(Oc1ccc(Cl)c(Cl)n1)n1cncn1. The van der Waals surface area contributed by atoms with Crippen LogP contribution < -0.4 is 4.74 Å². The molecule has 0 aliphatic rings. The highest BCUT2D eigenvalue weighted by molar-refractivity contribution is 6.41. The van der Waals surface area contributed by atoms with Gasteiger partial charge in [-0.2, -0.15) is 10.1 Å². The van der Waals surface area contributed by atoms with E-state index in [1.54, 1.807) is 26.8 Å². The number of hydrogen-bond donors (Lipinski definition) is 0. The van der Waals surface area contributed by atoms with E-state index >= 15 is 0 Å². The van der Waals surface area contributed by atoms with Gasteiger partial charge in [-0.1, -0.05) is 44.0 Å². The predicted molar refractivity (Wildman–Crippen MR) is 78.4 cm³/mol. The van der Waals surface area contributed by atoms with Crippen molar-refractivity contribution in [3.63, 3.8) is 0 Å². The molecule has 0 fully saturated rings. The van der Waals surface area contributed by atoms with Gasteiger partial charge in [0.25, 0.3) is 6.23 Å². The zero-order valence-corrected chi connectivity index (χ0v) is 13.3. The average Bonchev–Trinajstić information content (AvgIpc) is 2.92. The van der Waals surface area contributed by atoms with Crippen molar-refractivity contribution < 1.29 is 9.53 Å². The van der Waals surface area contributed by atoms with Crippen LogP contribution in [-0.2, 0) is 4.79 Å². The molecule has 6 nitrogen and oxygen atoms in total. The van der Waals surface area contributed by atoms with E-state index in [1.807, 2.05) is 0 Å². The first-order valence-electron chi connectivity index (χ1n) is 6.16. The largest absolute Gasteiger partial charge is 0.444 e. The number of aromatic nitrogens is 4. The summed E-state index contributed by atoms with van der Waals surface area (Å²) >= 11 is 11.7. The smallest absolute Gasteiger partial charge is 0.253 e. The van der Waals surface area contributed by atoms with E-state index in [0.29, 0.717) is 5.02 Å². The van der Waals surface area contributed by atoms with Crippen molar-refractivity contribution in [2.75, 3.05) is 0 Å². The fourth-order valence-corrected chi connectivity index (χ4v) is 1.77. The maximum Gasteiger partial charge on any atom is 0.253 e. The third-order valence-corrected chi connectivity index (χ3v) is 3.34. The Kier molecular flexibility index (Phi) is 4.49. The second kappa shape index (κ2) is 5.99. The Morgan fingerprint density at radius 1 is 1.33 bits per heavy atom. The number of ether oxygens (including phenoxy) is 1. The maximum atomic E-state index is 12.5. The third kappa shape index (κ3) is 3.71. The van der Waals surface area contributed by atoms with E-state index in [4.69, 9.17) is 27.9 Å². The number of hydrogen-bond acceptors (Lipinski definition) is 5. The summed E-state index contributed by atoms with van der Waals surface area (Å²) in [6.07, 6.45) is 1.76. The van der Waals surface area contributed by atoms with Gasteiger partial charge in [-0.05, 0) is 6.07 Å². The van der Waals surface area contributed by atoms with Crippen LogP contribution >= 0.6 is 23.2 Å². The van der Waals surface area contributed by atoms with Gasteiger partial charge in [-0.3, -0.25) is 4.79 Å². The van der Waals surface area contributed by atoms with Crippen molar-refractivity contribution in [3.05, 3.63) is 35.0 Å². The minimum atomic E-state index is -0.975. The molecular weight excluding hydrogens is 315 g/mol. The molecule has 0 saturated heterocycles. The van der Waals surface area contributed by atoms with Gasteiger partial charge < -0.3 is 4.74 Å². The molecule has 2 rings (SSSR count). The summed E-state index contributed by atoms with van der Waals surface area (Å²) in [5.41, 5.74) is -0.618. The number of carbonyl (C=O) groups excluding carboxylic acids is 1. The number of ketones is 1. The molecule has 0 bridgehead atoms. The molecule has 1 unspecified atom stereocenters. The minimum Gasteiger partial charge on any atom is -0.444 e. The van der Waals surface area contributed by atoms with Crippen LogP contribution in [0.3, 0.4) is 0 Å². The van der Waals surface area contributed by atoms with Crippen LogP contribution in [0.25, 0.3) is 0 Å². The Hall–Kier alpha value is -1.66. The lowest BCUT2D eigenvalue weighted by molar-refractivity contribution is -0.138. The first kappa shape index (κ1) is 15.7. The summed E-state index contributed by atoms with van der Waals surface area (Å²) in [5, 5.41) is 4.38. The molecule has 0 aromatic carbocycles.